The van der Waals surface area contributed by atoms with E-state index in [-0.39, 0.29) is 48.3 Å². The Morgan fingerprint density at radius 3 is 2.21 bits per heavy atom. The van der Waals surface area contributed by atoms with Crippen molar-refractivity contribution < 1.29 is 23.1 Å². The molecule has 1 saturated heterocycles. The molecule has 1 fully saturated rings. The fraction of sp³-hybridized carbons (Fsp3) is 0.333. The predicted octanol–water partition coefficient (Wildman–Crippen LogP) is 2.35. The maximum atomic E-state index is 13.2. The molecule has 0 N–H and O–H groups in total. The molecule has 0 spiro atoms. The van der Waals surface area contributed by atoms with Gasteiger partial charge in [-0.3, -0.25) is 9.59 Å². The van der Waals surface area contributed by atoms with Gasteiger partial charge in [0.15, 0.2) is 5.69 Å². The van der Waals surface area contributed by atoms with Gasteiger partial charge in [0.1, 0.15) is 17.7 Å². The standard InChI is InChI=1S/C24H23F2N5O3/c25-18-5-1-16(2-6-18)13-22(32)29-9-11-30(12-10-29)24(33)23-20-15-34-21(14-31(20)28-27-23)17-3-7-19(26)8-4-17/h1-8,21H,9-15H2. The van der Waals surface area contributed by atoms with E-state index in [1.165, 1.54) is 24.3 Å². The molecule has 176 valence electrons. The number of hydrogen-bond donors (Lipinski definition) is 0. The predicted molar refractivity (Wildman–Crippen MR) is 117 cm³/mol. The van der Waals surface area contributed by atoms with Crippen molar-refractivity contribution in [1.29, 1.82) is 0 Å². The van der Waals surface area contributed by atoms with Crippen molar-refractivity contribution in [3.05, 3.63) is 82.7 Å². The van der Waals surface area contributed by atoms with Crippen LogP contribution in [0.4, 0.5) is 8.78 Å². The summed E-state index contributed by atoms with van der Waals surface area (Å²) in [5, 5.41) is 8.24. The molecule has 2 aromatic carbocycles. The average Bonchev–Trinajstić information content (AvgIpc) is 3.29. The highest BCUT2D eigenvalue weighted by molar-refractivity contribution is 5.93. The monoisotopic (exact) mass is 467 g/mol. The first kappa shape index (κ1) is 22.1. The van der Waals surface area contributed by atoms with Crippen LogP contribution in [0.1, 0.15) is 33.4 Å². The summed E-state index contributed by atoms with van der Waals surface area (Å²) < 4.78 is 33.8. The van der Waals surface area contributed by atoms with Gasteiger partial charge in [0.2, 0.25) is 5.91 Å². The van der Waals surface area contributed by atoms with Crippen LogP contribution in [-0.2, 0) is 29.1 Å². The van der Waals surface area contributed by atoms with Crippen LogP contribution in [0.2, 0.25) is 0 Å². The molecule has 34 heavy (non-hydrogen) atoms. The summed E-state index contributed by atoms with van der Waals surface area (Å²) in [7, 11) is 0. The number of piperazine rings is 1. The smallest absolute Gasteiger partial charge is 0.276 e. The van der Waals surface area contributed by atoms with Gasteiger partial charge in [-0.25, -0.2) is 13.5 Å². The number of hydrogen-bond acceptors (Lipinski definition) is 5. The van der Waals surface area contributed by atoms with Gasteiger partial charge in [0.05, 0.1) is 25.3 Å². The summed E-state index contributed by atoms with van der Waals surface area (Å²) in [6.45, 7) is 2.16. The van der Waals surface area contributed by atoms with Crippen LogP contribution >= 0.6 is 0 Å². The molecule has 10 heteroatoms. The SMILES string of the molecule is O=C(Cc1ccc(F)cc1)N1CCN(C(=O)c2nnn3c2COC(c2ccc(F)cc2)C3)CC1. The number of benzene rings is 2. The quantitative estimate of drug-likeness (QED) is 0.589. The second kappa shape index (κ2) is 9.30. The first-order valence-electron chi connectivity index (χ1n) is 11.1. The fourth-order valence-electron chi connectivity index (χ4n) is 4.25. The molecule has 0 aliphatic carbocycles. The van der Waals surface area contributed by atoms with E-state index in [1.54, 1.807) is 38.7 Å². The zero-order valence-electron chi connectivity index (χ0n) is 18.4. The molecule has 1 atom stereocenters. The molecule has 8 nitrogen and oxygen atoms in total. The van der Waals surface area contributed by atoms with Crippen LogP contribution in [-0.4, -0.2) is 62.8 Å². The van der Waals surface area contributed by atoms with Crippen molar-refractivity contribution in [1.82, 2.24) is 24.8 Å². The normalized spacial score (nSPS) is 18.0. The lowest BCUT2D eigenvalue weighted by Gasteiger charge is -2.34. The number of fused-ring (bicyclic) bond motifs is 1. The maximum absolute atomic E-state index is 13.2. The van der Waals surface area contributed by atoms with Crippen molar-refractivity contribution in [3.63, 3.8) is 0 Å². The zero-order valence-corrected chi connectivity index (χ0v) is 18.4. The van der Waals surface area contributed by atoms with Crippen molar-refractivity contribution in [3.8, 4) is 0 Å². The number of carbonyl (C=O) groups excluding carboxylic acids is 2. The number of ether oxygens (including phenoxy) is 1. The third-order valence-corrected chi connectivity index (χ3v) is 6.23. The van der Waals surface area contributed by atoms with E-state index >= 15 is 0 Å². The highest BCUT2D eigenvalue weighted by atomic mass is 19.1. The Bertz CT molecular complexity index is 1190. The number of halogens is 2. The summed E-state index contributed by atoms with van der Waals surface area (Å²) in [4.78, 5) is 29.1. The molecule has 0 bridgehead atoms. The fourth-order valence-corrected chi connectivity index (χ4v) is 4.25. The number of rotatable bonds is 4. The molecule has 2 aliphatic rings. The van der Waals surface area contributed by atoms with E-state index in [0.29, 0.717) is 38.4 Å². The van der Waals surface area contributed by atoms with Gasteiger partial charge in [-0.05, 0) is 35.4 Å². The molecule has 3 aromatic rings. The lowest BCUT2D eigenvalue weighted by molar-refractivity contribution is -0.131. The molecule has 0 radical (unpaired) electrons. The van der Waals surface area contributed by atoms with Crippen LogP contribution in [0, 0.1) is 11.6 Å². The van der Waals surface area contributed by atoms with Gasteiger partial charge >= 0.3 is 0 Å². The first-order valence-corrected chi connectivity index (χ1v) is 11.1. The molecule has 1 aromatic heterocycles. The Labute approximate surface area is 194 Å². The molecule has 3 heterocycles. The zero-order chi connectivity index (χ0) is 23.7. The molecule has 0 saturated carbocycles. The molecule has 5 rings (SSSR count). The van der Waals surface area contributed by atoms with E-state index < -0.39 is 0 Å². The summed E-state index contributed by atoms with van der Waals surface area (Å²) in [5.41, 5.74) is 2.44. The van der Waals surface area contributed by atoms with E-state index in [2.05, 4.69) is 10.3 Å². The second-order valence-electron chi connectivity index (χ2n) is 8.39. The van der Waals surface area contributed by atoms with E-state index in [9.17, 15) is 18.4 Å². The third-order valence-electron chi connectivity index (χ3n) is 6.23. The van der Waals surface area contributed by atoms with Crippen LogP contribution in [0.3, 0.4) is 0 Å². The Hall–Kier alpha value is -3.66. The Balaban J connectivity index is 1.18. The minimum absolute atomic E-state index is 0.0556. The Morgan fingerprint density at radius 1 is 0.912 bits per heavy atom. The maximum Gasteiger partial charge on any atom is 0.276 e. The minimum atomic E-state index is -0.337. The Morgan fingerprint density at radius 2 is 1.53 bits per heavy atom. The molecular weight excluding hydrogens is 444 g/mol. The number of carbonyl (C=O) groups is 2. The third kappa shape index (κ3) is 4.54. The van der Waals surface area contributed by atoms with Crippen LogP contribution in [0.15, 0.2) is 48.5 Å². The van der Waals surface area contributed by atoms with E-state index in [0.717, 1.165) is 11.1 Å². The van der Waals surface area contributed by atoms with Gasteiger partial charge in [-0.2, -0.15) is 0 Å². The van der Waals surface area contributed by atoms with Crippen molar-refractivity contribution in [2.45, 2.75) is 25.7 Å². The number of amides is 2. The minimum Gasteiger partial charge on any atom is -0.365 e. The van der Waals surface area contributed by atoms with Crippen molar-refractivity contribution in [2.24, 2.45) is 0 Å². The first-order chi connectivity index (χ1) is 16.5. The lowest BCUT2D eigenvalue weighted by Crippen LogP contribution is -2.51. The summed E-state index contributed by atoms with van der Waals surface area (Å²) >= 11 is 0. The molecule has 2 aliphatic heterocycles. The van der Waals surface area contributed by atoms with Crippen LogP contribution in [0.25, 0.3) is 0 Å². The van der Waals surface area contributed by atoms with Gasteiger partial charge in [0.25, 0.3) is 5.91 Å². The van der Waals surface area contributed by atoms with Gasteiger partial charge in [0, 0.05) is 26.2 Å². The highest BCUT2D eigenvalue weighted by Crippen LogP contribution is 2.27. The van der Waals surface area contributed by atoms with Crippen LogP contribution < -0.4 is 0 Å². The van der Waals surface area contributed by atoms with Crippen molar-refractivity contribution in [2.75, 3.05) is 26.2 Å². The van der Waals surface area contributed by atoms with Gasteiger partial charge in [-0.1, -0.05) is 29.5 Å². The van der Waals surface area contributed by atoms with Crippen molar-refractivity contribution >= 4 is 11.8 Å². The number of aromatic nitrogens is 3. The van der Waals surface area contributed by atoms with Gasteiger partial charge in [-0.15, -0.1) is 5.10 Å². The summed E-state index contributed by atoms with van der Waals surface area (Å²) in [6, 6.07) is 12.0. The molecule has 1 unspecified atom stereocenters. The summed E-state index contributed by atoms with van der Waals surface area (Å²) in [5.74, 6) is -0.947. The number of nitrogens with zero attached hydrogens (tertiary/aromatic N) is 5. The van der Waals surface area contributed by atoms with E-state index in [1.807, 2.05) is 0 Å². The highest BCUT2D eigenvalue weighted by Gasteiger charge is 2.32. The lowest BCUT2D eigenvalue weighted by atomic mass is 10.1. The largest absolute Gasteiger partial charge is 0.365 e. The second-order valence-corrected chi connectivity index (χ2v) is 8.39. The van der Waals surface area contributed by atoms with E-state index in [4.69, 9.17) is 4.74 Å². The molecule has 2 amide bonds. The average molecular weight is 467 g/mol. The van der Waals surface area contributed by atoms with Gasteiger partial charge < -0.3 is 14.5 Å². The Kier molecular flexibility index (Phi) is 6.06. The van der Waals surface area contributed by atoms with Crippen LogP contribution in [0.5, 0.6) is 0 Å². The molecular formula is C24H23F2N5O3. The summed E-state index contributed by atoms with van der Waals surface area (Å²) in [6.07, 6.45) is -0.104. The topological polar surface area (TPSA) is 80.6 Å².